The summed E-state index contributed by atoms with van der Waals surface area (Å²) in [7, 11) is 0. The fourth-order valence-electron chi connectivity index (χ4n) is 4.21. The summed E-state index contributed by atoms with van der Waals surface area (Å²) in [5, 5.41) is 20.0. The molecule has 0 saturated carbocycles. The molecule has 0 bridgehead atoms. The topological polar surface area (TPSA) is 69.2 Å². The van der Waals surface area contributed by atoms with Gasteiger partial charge in [0.25, 0.3) is 0 Å². The molecule has 6 heteroatoms. The summed E-state index contributed by atoms with van der Waals surface area (Å²) >= 11 is 1.69. The SMILES string of the molecule is Cc1noc(C[C@H](Sc2ccccc2)c2c3ccccc3cc3ccccc23)c1[N+](=O)[O-]. The van der Waals surface area contributed by atoms with Crippen molar-refractivity contribution >= 4 is 39.0 Å². The minimum Gasteiger partial charge on any atom is -0.354 e. The van der Waals surface area contributed by atoms with Gasteiger partial charge in [0.2, 0.25) is 5.76 Å². The van der Waals surface area contributed by atoms with Crippen LogP contribution in [0.5, 0.6) is 0 Å². The smallest absolute Gasteiger partial charge is 0.334 e. The van der Waals surface area contributed by atoms with E-state index < -0.39 is 4.92 Å². The second-order valence-electron chi connectivity index (χ2n) is 7.65. The van der Waals surface area contributed by atoms with Crippen molar-refractivity contribution < 1.29 is 9.45 Å². The minimum atomic E-state index is -0.396. The molecular weight excluding hydrogens is 420 g/mol. The first-order valence-corrected chi connectivity index (χ1v) is 11.2. The lowest BCUT2D eigenvalue weighted by atomic mass is 9.93. The van der Waals surface area contributed by atoms with Crippen LogP contribution in [0.3, 0.4) is 0 Å². The summed E-state index contributed by atoms with van der Waals surface area (Å²) in [6.45, 7) is 1.61. The number of thioether (sulfide) groups is 1. The average molecular weight is 441 g/mol. The number of rotatable bonds is 6. The molecule has 0 aliphatic rings. The highest BCUT2D eigenvalue weighted by molar-refractivity contribution is 7.99. The zero-order valence-electron chi connectivity index (χ0n) is 17.4. The van der Waals surface area contributed by atoms with E-state index in [1.54, 1.807) is 18.7 Å². The fourth-order valence-corrected chi connectivity index (χ4v) is 5.46. The number of nitro groups is 1. The molecule has 4 aromatic carbocycles. The Morgan fingerprint density at radius 2 is 1.53 bits per heavy atom. The first kappa shape index (κ1) is 20.3. The molecule has 0 spiro atoms. The molecule has 1 heterocycles. The monoisotopic (exact) mass is 440 g/mol. The lowest BCUT2D eigenvalue weighted by molar-refractivity contribution is -0.386. The third-order valence-corrected chi connectivity index (χ3v) is 6.84. The number of fused-ring (bicyclic) bond motifs is 2. The number of aromatic nitrogens is 1. The largest absolute Gasteiger partial charge is 0.354 e. The van der Waals surface area contributed by atoms with Crippen LogP contribution in [0.15, 0.2) is 94.3 Å². The van der Waals surface area contributed by atoms with Crippen LogP contribution >= 0.6 is 11.8 Å². The Kier molecular flexibility index (Phi) is 5.37. The highest BCUT2D eigenvalue weighted by Crippen LogP contribution is 2.45. The summed E-state index contributed by atoms with van der Waals surface area (Å²) in [6.07, 6.45) is 0.356. The van der Waals surface area contributed by atoms with E-state index >= 15 is 0 Å². The van der Waals surface area contributed by atoms with Crippen LogP contribution in [0.1, 0.15) is 22.3 Å². The van der Waals surface area contributed by atoms with Crippen molar-refractivity contribution in [3.05, 3.63) is 112 Å². The molecular formula is C26H20N2O3S. The molecule has 1 atom stereocenters. The van der Waals surface area contributed by atoms with Gasteiger partial charge in [-0.1, -0.05) is 71.9 Å². The number of hydrogen-bond acceptors (Lipinski definition) is 5. The number of aryl methyl sites for hydroxylation is 1. The van der Waals surface area contributed by atoms with Gasteiger partial charge >= 0.3 is 5.69 Å². The second kappa shape index (κ2) is 8.48. The molecule has 0 amide bonds. The lowest BCUT2D eigenvalue weighted by Gasteiger charge is -2.20. The van der Waals surface area contributed by atoms with E-state index in [2.05, 4.69) is 47.6 Å². The second-order valence-corrected chi connectivity index (χ2v) is 8.93. The van der Waals surface area contributed by atoms with Crippen LogP contribution in [-0.4, -0.2) is 10.1 Å². The van der Waals surface area contributed by atoms with Gasteiger partial charge in [-0.15, -0.1) is 11.8 Å². The van der Waals surface area contributed by atoms with E-state index in [0.717, 1.165) is 32.0 Å². The summed E-state index contributed by atoms with van der Waals surface area (Å²) in [6, 6.07) is 28.9. The molecule has 158 valence electrons. The first-order chi connectivity index (χ1) is 15.6. The molecule has 0 aliphatic carbocycles. The van der Waals surface area contributed by atoms with E-state index in [0.29, 0.717) is 17.9 Å². The van der Waals surface area contributed by atoms with Gasteiger partial charge in [-0.3, -0.25) is 10.1 Å². The summed E-state index contributed by atoms with van der Waals surface area (Å²) in [4.78, 5) is 12.4. The molecule has 5 aromatic rings. The molecule has 0 aliphatic heterocycles. The van der Waals surface area contributed by atoms with Crippen LogP contribution in [-0.2, 0) is 6.42 Å². The van der Waals surface area contributed by atoms with Crippen molar-refractivity contribution in [1.82, 2.24) is 5.16 Å². The Bertz CT molecular complexity index is 1380. The molecule has 0 radical (unpaired) electrons. The van der Waals surface area contributed by atoms with Crippen LogP contribution in [0.2, 0.25) is 0 Å². The Hall–Kier alpha value is -3.64. The minimum absolute atomic E-state index is 0.0341. The van der Waals surface area contributed by atoms with Crippen molar-refractivity contribution in [2.24, 2.45) is 0 Å². The molecule has 0 fully saturated rings. The van der Waals surface area contributed by atoms with Crippen LogP contribution in [0.4, 0.5) is 5.69 Å². The van der Waals surface area contributed by atoms with E-state index in [-0.39, 0.29) is 10.9 Å². The van der Waals surface area contributed by atoms with Crippen molar-refractivity contribution in [3.8, 4) is 0 Å². The maximum atomic E-state index is 11.7. The Balaban J connectivity index is 1.73. The zero-order chi connectivity index (χ0) is 22.1. The van der Waals surface area contributed by atoms with Crippen molar-refractivity contribution in [1.29, 1.82) is 0 Å². The van der Waals surface area contributed by atoms with E-state index in [1.165, 1.54) is 0 Å². The van der Waals surface area contributed by atoms with E-state index in [1.807, 2.05) is 42.5 Å². The Morgan fingerprint density at radius 3 is 2.16 bits per heavy atom. The number of nitrogens with zero attached hydrogens (tertiary/aromatic N) is 2. The van der Waals surface area contributed by atoms with Crippen molar-refractivity contribution in [3.63, 3.8) is 0 Å². The molecule has 5 rings (SSSR count). The maximum Gasteiger partial charge on any atom is 0.334 e. The van der Waals surface area contributed by atoms with Crippen molar-refractivity contribution in [2.75, 3.05) is 0 Å². The van der Waals surface area contributed by atoms with Crippen LogP contribution in [0, 0.1) is 17.0 Å². The lowest BCUT2D eigenvalue weighted by Crippen LogP contribution is -2.03. The predicted molar refractivity (Wildman–Crippen MR) is 128 cm³/mol. The standard InChI is InChI=1S/C26H20N2O3S/c1-17-26(28(29)30)23(31-27-17)16-24(32-20-11-3-2-4-12-20)25-21-13-7-5-9-18(21)15-19-10-6-8-14-22(19)25/h2-15,24H,16H2,1H3/t24-/m0/s1. The molecule has 5 nitrogen and oxygen atoms in total. The van der Waals surface area contributed by atoms with Gasteiger partial charge in [0.05, 0.1) is 4.92 Å². The maximum absolute atomic E-state index is 11.7. The van der Waals surface area contributed by atoms with Gasteiger partial charge in [-0.2, -0.15) is 0 Å². The van der Waals surface area contributed by atoms with E-state index in [9.17, 15) is 10.1 Å². The van der Waals surface area contributed by atoms with Gasteiger partial charge in [0.1, 0.15) is 0 Å². The normalized spacial score (nSPS) is 12.3. The zero-order valence-corrected chi connectivity index (χ0v) is 18.2. The summed E-state index contributed by atoms with van der Waals surface area (Å²) in [5.74, 6) is 0.304. The Morgan fingerprint density at radius 1 is 0.938 bits per heavy atom. The molecule has 0 saturated heterocycles. The van der Waals surface area contributed by atoms with Crippen LogP contribution < -0.4 is 0 Å². The number of hydrogen-bond donors (Lipinski definition) is 0. The quantitative estimate of drug-likeness (QED) is 0.120. The highest BCUT2D eigenvalue weighted by Gasteiger charge is 2.29. The van der Waals surface area contributed by atoms with Gasteiger partial charge in [-0.05, 0) is 52.2 Å². The van der Waals surface area contributed by atoms with Crippen LogP contribution in [0.25, 0.3) is 21.5 Å². The average Bonchev–Trinajstić information content (AvgIpc) is 3.18. The third kappa shape index (κ3) is 3.74. The molecule has 32 heavy (non-hydrogen) atoms. The predicted octanol–water partition coefficient (Wildman–Crippen LogP) is 7.27. The molecule has 0 unspecified atom stereocenters. The van der Waals surface area contributed by atoms with Crippen molar-refractivity contribution in [2.45, 2.75) is 23.5 Å². The molecule has 1 aromatic heterocycles. The Labute approximate surface area is 189 Å². The third-order valence-electron chi connectivity index (χ3n) is 5.61. The molecule has 0 N–H and O–H groups in total. The van der Waals surface area contributed by atoms with Gasteiger partial charge < -0.3 is 4.52 Å². The van der Waals surface area contributed by atoms with Gasteiger partial charge in [0, 0.05) is 16.6 Å². The number of benzene rings is 4. The van der Waals surface area contributed by atoms with Gasteiger partial charge in [0.15, 0.2) is 5.69 Å². The summed E-state index contributed by atoms with van der Waals surface area (Å²) < 4.78 is 5.47. The van der Waals surface area contributed by atoms with E-state index in [4.69, 9.17) is 4.52 Å². The highest BCUT2D eigenvalue weighted by atomic mass is 32.2. The fraction of sp³-hybridized carbons (Fsp3) is 0.115. The first-order valence-electron chi connectivity index (χ1n) is 10.3. The summed E-state index contributed by atoms with van der Waals surface area (Å²) in [5.41, 5.74) is 1.42. The van der Waals surface area contributed by atoms with Gasteiger partial charge in [-0.25, -0.2) is 0 Å².